The number of aliphatic hydroxyl groups excluding tert-OH is 1. The normalized spacial score (nSPS) is 19.8. The summed E-state index contributed by atoms with van der Waals surface area (Å²) in [6.45, 7) is 5.61. The van der Waals surface area contributed by atoms with E-state index in [0.717, 1.165) is 35.1 Å². The van der Waals surface area contributed by atoms with Crippen molar-refractivity contribution in [2.75, 3.05) is 19.7 Å². The zero-order chi connectivity index (χ0) is 21.3. The van der Waals surface area contributed by atoms with Crippen molar-refractivity contribution in [2.24, 2.45) is 5.92 Å². The van der Waals surface area contributed by atoms with Crippen molar-refractivity contribution in [3.05, 3.63) is 70.7 Å². The highest BCUT2D eigenvalue weighted by Gasteiger charge is 2.42. The van der Waals surface area contributed by atoms with Crippen LogP contribution in [0.2, 0.25) is 0 Å². The lowest BCUT2D eigenvalue weighted by Gasteiger charge is -2.34. The van der Waals surface area contributed by atoms with Crippen LogP contribution in [0.15, 0.2) is 48.4 Å². The Morgan fingerprint density at radius 1 is 1.13 bits per heavy atom. The average molecular weight is 405 g/mol. The molecule has 30 heavy (non-hydrogen) atoms. The molecule has 156 valence electrons. The molecule has 3 heterocycles. The summed E-state index contributed by atoms with van der Waals surface area (Å²) >= 11 is 0. The smallest absolute Gasteiger partial charge is 0.278 e. The van der Waals surface area contributed by atoms with Crippen LogP contribution >= 0.6 is 0 Å². The van der Waals surface area contributed by atoms with Crippen LogP contribution in [0.5, 0.6) is 0 Å². The minimum absolute atomic E-state index is 0.0876. The van der Waals surface area contributed by atoms with Crippen LogP contribution < -0.4 is 0 Å². The molecule has 2 aromatic rings. The maximum atomic E-state index is 13.5. The van der Waals surface area contributed by atoms with Gasteiger partial charge in [-0.25, -0.2) is 0 Å². The van der Waals surface area contributed by atoms with Crippen LogP contribution in [0.3, 0.4) is 0 Å². The zero-order valence-electron chi connectivity index (χ0n) is 17.5. The number of hydrogen-bond donors (Lipinski definition) is 1. The van der Waals surface area contributed by atoms with Crippen LogP contribution in [-0.4, -0.2) is 51.4 Å². The van der Waals surface area contributed by atoms with E-state index in [9.17, 15) is 14.7 Å². The van der Waals surface area contributed by atoms with Crippen molar-refractivity contribution in [3.8, 4) is 0 Å². The van der Waals surface area contributed by atoms with Crippen LogP contribution in [0, 0.1) is 19.8 Å². The third-order valence-corrected chi connectivity index (χ3v) is 6.10. The highest BCUT2D eigenvalue weighted by molar-refractivity contribution is 6.35. The molecule has 0 bridgehead atoms. The topological polar surface area (TPSA) is 73.7 Å². The van der Waals surface area contributed by atoms with Gasteiger partial charge in [0.05, 0.1) is 12.1 Å². The standard InChI is InChI=1S/C24H27N3O3/c1-16-7-8-20(11-17(16)2)21-22(26-10-4-6-19(13-26)15-28)24(30)27(23(21)29)14-18-5-3-9-25-12-18/h3,5,7-9,11-12,19,28H,4,6,10,13-15H2,1-2H3. The number of aryl methyl sites for hydroxylation is 2. The molecule has 2 aliphatic heterocycles. The van der Waals surface area contributed by atoms with Crippen molar-refractivity contribution in [1.29, 1.82) is 0 Å². The van der Waals surface area contributed by atoms with E-state index in [1.807, 2.05) is 43.0 Å². The van der Waals surface area contributed by atoms with E-state index >= 15 is 0 Å². The summed E-state index contributed by atoms with van der Waals surface area (Å²) in [5.74, 6) is -0.425. The number of carbonyl (C=O) groups excluding carboxylic acids is 2. The molecule has 1 aromatic carbocycles. The van der Waals surface area contributed by atoms with Crippen LogP contribution in [0.1, 0.15) is 35.1 Å². The van der Waals surface area contributed by atoms with Crippen LogP contribution in [0.4, 0.5) is 0 Å². The Balaban J connectivity index is 1.76. The second kappa shape index (κ2) is 8.40. The second-order valence-electron chi connectivity index (χ2n) is 8.22. The number of rotatable bonds is 5. The number of piperidine rings is 1. The van der Waals surface area contributed by atoms with Gasteiger partial charge in [-0.3, -0.25) is 19.5 Å². The molecule has 0 saturated carbocycles. The lowest BCUT2D eigenvalue weighted by atomic mass is 9.96. The molecular weight excluding hydrogens is 378 g/mol. The maximum absolute atomic E-state index is 13.5. The molecule has 1 atom stereocenters. The fourth-order valence-electron chi connectivity index (χ4n) is 4.25. The third kappa shape index (κ3) is 3.75. The molecular formula is C24H27N3O3. The highest BCUT2D eigenvalue weighted by atomic mass is 16.3. The molecule has 0 aliphatic carbocycles. The molecule has 1 saturated heterocycles. The van der Waals surface area contributed by atoms with Gasteiger partial charge in [0.25, 0.3) is 11.8 Å². The molecule has 1 aromatic heterocycles. The molecule has 1 N–H and O–H groups in total. The molecule has 1 fully saturated rings. The zero-order valence-corrected chi connectivity index (χ0v) is 17.5. The fourth-order valence-corrected chi connectivity index (χ4v) is 4.25. The van der Waals surface area contributed by atoms with Gasteiger partial charge in [-0.2, -0.15) is 0 Å². The Kier molecular flexibility index (Phi) is 5.68. The maximum Gasteiger partial charge on any atom is 0.278 e. The Hall–Kier alpha value is -2.99. The van der Waals surface area contributed by atoms with Gasteiger partial charge in [0.15, 0.2) is 0 Å². The van der Waals surface area contributed by atoms with Crippen molar-refractivity contribution in [1.82, 2.24) is 14.8 Å². The van der Waals surface area contributed by atoms with Gasteiger partial charge in [-0.15, -0.1) is 0 Å². The molecule has 1 unspecified atom stereocenters. The van der Waals surface area contributed by atoms with Gasteiger partial charge in [0.1, 0.15) is 5.70 Å². The summed E-state index contributed by atoms with van der Waals surface area (Å²) in [7, 11) is 0. The minimum atomic E-state index is -0.270. The van der Waals surface area contributed by atoms with Gasteiger partial charge in [0, 0.05) is 32.1 Å². The summed E-state index contributed by atoms with van der Waals surface area (Å²) in [6, 6.07) is 9.56. The molecule has 6 heteroatoms. The number of carbonyl (C=O) groups is 2. The van der Waals surface area contributed by atoms with Gasteiger partial charge in [-0.1, -0.05) is 24.3 Å². The quantitative estimate of drug-likeness (QED) is 0.775. The lowest BCUT2D eigenvalue weighted by Crippen LogP contribution is -2.40. The lowest BCUT2D eigenvalue weighted by molar-refractivity contribution is -0.138. The highest BCUT2D eigenvalue weighted by Crippen LogP contribution is 2.35. The number of hydrogen-bond acceptors (Lipinski definition) is 5. The van der Waals surface area contributed by atoms with E-state index in [2.05, 4.69) is 4.98 Å². The molecule has 2 aliphatic rings. The summed E-state index contributed by atoms with van der Waals surface area (Å²) in [4.78, 5) is 34.4. The number of likely N-dealkylation sites (tertiary alicyclic amines) is 1. The van der Waals surface area contributed by atoms with E-state index < -0.39 is 0 Å². The predicted octanol–water partition coefficient (Wildman–Crippen LogP) is 2.68. The van der Waals surface area contributed by atoms with Crippen molar-refractivity contribution in [3.63, 3.8) is 0 Å². The molecule has 6 nitrogen and oxygen atoms in total. The number of amides is 2. The first-order chi connectivity index (χ1) is 14.5. The fraction of sp³-hybridized carbons (Fsp3) is 0.375. The second-order valence-corrected chi connectivity index (χ2v) is 8.22. The first-order valence-electron chi connectivity index (χ1n) is 10.4. The van der Waals surface area contributed by atoms with Gasteiger partial charge in [0.2, 0.25) is 0 Å². The van der Waals surface area contributed by atoms with Gasteiger partial charge >= 0.3 is 0 Å². The Bertz CT molecular complexity index is 1000. The number of benzene rings is 1. The van der Waals surface area contributed by atoms with Crippen molar-refractivity contribution < 1.29 is 14.7 Å². The molecule has 4 rings (SSSR count). The van der Waals surface area contributed by atoms with E-state index in [1.165, 1.54) is 4.90 Å². The van der Waals surface area contributed by atoms with Crippen LogP contribution in [0.25, 0.3) is 5.57 Å². The first-order valence-corrected chi connectivity index (χ1v) is 10.4. The predicted molar refractivity (Wildman–Crippen MR) is 114 cm³/mol. The third-order valence-electron chi connectivity index (χ3n) is 6.10. The number of imide groups is 1. The number of aromatic nitrogens is 1. The summed E-state index contributed by atoms with van der Waals surface area (Å²) in [6.07, 6.45) is 5.17. The van der Waals surface area contributed by atoms with E-state index in [0.29, 0.717) is 24.4 Å². The minimum Gasteiger partial charge on any atom is -0.396 e. The van der Waals surface area contributed by atoms with Crippen molar-refractivity contribution >= 4 is 17.4 Å². The Labute approximate surface area is 176 Å². The summed E-state index contributed by atoms with van der Waals surface area (Å²) in [5, 5.41) is 9.65. The van der Waals surface area contributed by atoms with Gasteiger partial charge in [-0.05, 0) is 60.9 Å². The summed E-state index contributed by atoms with van der Waals surface area (Å²) in [5.41, 5.74) is 4.73. The van der Waals surface area contributed by atoms with Gasteiger partial charge < -0.3 is 10.0 Å². The van der Waals surface area contributed by atoms with Crippen LogP contribution in [-0.2, 0) is 16.1 Å². The van der Waals surface area contributed by atoms with E-state index in [-0.39, 0.29) is 30.9 Å². The summed E-state index contributed by atoms with van der Waals surface area (Å²) < 4.78 is 0. The largest absolute Gasteiger partial charge is 0.396 e. The SMILES string of the molecule is Cc1ccc(C2=C(N3CCCC(CO)C3)C(=O)N(Cc3cccnc3)C2=O)cc1C. The first kappa shape index (κ1) is 20.3. The van der Waals surface area contributed by atoms with E-state index in [4.69, 9.17) is 0 Å². The molecule has 2 amide bonds. The molecule has 0 radical (unpaired) electrons. The number of aliphatic hydroxyl groups is 1. The average Bonchev–Trinajstić information content (AvgIpc) is 3.01. The monoisotopic (exact) mass is 405 g/mol. The Morgan fingerprint density at radius 3 is 2.67 bits per heavy atom. The van der Waals surface area contributed by atoms with E-state index in [1.54, 1.807) is 18.5 Å². The Morgan fingerprint density at radius 2 is 1.97 bits per heavy atom. The molecule has 0 spiro atoms. The number of nitrogens with zero attached hydrogens (tertiary/aromatic N) is 3. The number of pyridine rings is 1. The van der Waals surface area contributed by atoms with Crippen molar-refractivity contribution in [2.45, 2.75) is 33.2 Å².